The third-order valence-corrected chi connectivity index (χ3v) is 8.77. The van der Waals surface area contributed by atoms with Crippen LogP contribution in [0.4, 0.5) is 5.69 Å². The number of hydrogen-bond donors (Lipinski definition) is 1. The Kier molecular flexibility index (Phi) is 9.34. The van der Waals surface area contributed by atoms with Gasteiger partial charge in [0, 0.05) is 30.8 Å². The van der Waals surface area contributed by atoms with E-state index in [0.717, 1.165) is 71.2 Å². The summed E-state index contributed by atoms with van der Waals surface area (Å²) >= 11 is 0. The minimum absolute atomic E-state index is 0.00913. The monoisotopic (exact) mass is 580 g/mol. The molecule has 0 aromatic heterocycles. The van der Waals surface area contributed by atoms with Crippen molar-refractivity contribution in [3.63, 3.8) is 0 Å². The smallest absolute Gasteiger partial charge is 0.306 e. The van der Waals surface area contributed by atoms with Crippen molar-refractivity contribution in [3.8, 4) is 0 Å². The molecule has 5 rings (SSSR count). The van der Waals surface area contributed by atoms with Gasteiger partial charge in [-0.25, -0.2) is 0 Å². The minimum Gasteiger partial charge on any atom is -0.460 e. The van der Waals surface area contributed by atoms with Gasteiger partial charge in [-0.2, -0.15) is 0 Å². The number of amides is 2. The summed E-state index contributed by atoms with van der Waals surface area (Å²) in [5.74, 6) is -0.0835. The Balaban J connectivity index is 1.28. The van der Waals surface area contributed by atoms with E-state index in [1.807, 2.05) is 75.1 Å². The molecule has 43 heavy (non-hydrogen) atoms. The molecule has 3 aromatic rings. The maximum atomic E-state index is 13.9. The Bertz CT molecular complexity index is 1460. The molecule has 0 bridgehead atoms. The van der Waals surface area contributed by atoms with Crippen LogP contribution in [0.3, 0.4) is 0 Å². The Morgan fingerprint density at radius 2 is 1.70 bits per heavy atom. The molecule has 1 heterocycles. The first-order valence-corrected chi connectivity index (χ1v) is 15.7. The largest absolute Gasteiger partial charge is 0.460 e. The van der Waals surface area contributed by atoms with Crippen molar-refractivity contribution in [2.45, 2.75) is 90.7 Å². The lowest BCUT2D eigenvalue weighted by molar-refractivity contribution is -0.154. The Hall–Kier alpha value is -3.93. The highest BCUT2D eigenvalue weighted by Crippen LogP contribution is 2.38. The van der Waals surface area contributed by atoms with Gasteiger partial charge in [0.1, 0.15) is 5.60 Å². The summed E-state index contributed by atoms with van der Waals surface area (Å²) < 4.78 is 5.47. The normalized spacial score (nSPS) is 16.1. The predicted molar refractivity (Wildman–Crippen MR) is 170 cm³/mol. The van der Waals surface area contributed by atoms with E-state index in [-0.39, 0.29) is 23.7 Å². The zero-order valence-corrected chi connectivity index (χ0v) is 25.9. The highest BCUT2D eigenvalue weighted by atomic mass is 16.6. The van der Waals surface area contributed by atoms with Gasteiger partial charge in [0.15, 0.2) is 0 Å². The SMILES string of the molecule is Cc1c(CCC(=O)OC(C)(C)C)cccc1NC(=O)C(c1ccc(CN2CCc3ccccc3C2=O)cc1)C1CCCC1. The first-order valence-electron chi connectivity index (χ1n) is 15.7. The van der Waals surface area contributed by atoms with E-state index in [9.17, 15) is 14.4 Å². The average Bonchev–Trinajstić information content (AvgIpc) is 3.50. The van der Waals surface area contributed by atoms with Gasteiger partial charge >= 0.3 is 5.97 Å². The number of ether oxygens (including phenoxy) is 1. The van der Waals surface area contributed by atoms with Crippen LogP contribution in [-0.4, -0.2) is 34.8 Å². The Morgan fingerprint density at radius 1 is 0.977 bits per heavy atom. The summed E-state index contributed by atoms with van der Waals surface area (Å²) in [6, 6.07) is 22.0. The van der Waals surface area contributed by atoms with Crippen molar-refractivity contribution in [2.24, 2.45) is 5.92 Å². The van der Waals surface area contributed by atoms with Crippen LogP contribution in [-0.2, 0) is 33.7 Å². The average molecular weight is 581 g/mol. The highest BCUT2D eigenvalue weighted by molar-refractivity contribution is 5.97. The third kappa shape index (κ3) is 7.54. The second-order valence-corrected chi connectivity index (χ2v) is 13.1. The van der Waals surface area contributed by atoms with Crippen LogP contribution in [0.15, 0.2) is 66.7 Å². The van der Waals surface area contributed by atoms with Gasteiger partial charge in [0.2, 0.25) is 5.91 Å². The topological polar surface area (TPSA) is 75.7 Å². The van der Waals surface area contributed by atoms with Gasteiger partial charge in [-0.1, -0.05) is 67.4 Å². The molecular weight excluding hydrogens is 536 g/mol. The van der Waals surface area contributed by atoms with Gasteiger partial charge in [0.05, 0.1) is 5.92 Å². The third-order valence-electron chi connectivity index (χ3n) is 8.77. The number of carbonyl (C=O) groups is 3. The summed E-state index contributed by atoms with van der Waals surface area (Å²) in [6.45, 7) is 8.88. The standard InChI is InChI=1S/C37H44N2O4/c1-25-27(20-21-33(40)43-37(2,3)4)13-9-15-32(25)38-35(41)34(29-11-5-6-12-29)30-18-16-26(17-19-30)24-39-23-22-28-10-7-8-14-31(28)36(39)42/h7-10,13-19,29,34H,5-6,11-12,20-24H2,1-4H3,(H,38,41). The Labute approximate surface area is 255 Å². The van der Waals surface area contributed by atoms with E-state index in [1.165, 1.54) is 0 Å². The van der Waals surface area contributed by atoms with Gasteiger partial charge < -0.3 is 15.0 Å². The molecule has 0 saturated heterocycles. The van der Waals surface area contributed by atoms with Gasteiger partial charge in [-0.05, 0) is 99.2 Å². The number of nitrogens with zero attached hydrogens (tertiary/aromatic N) is 1. The molecule has 2 amide bonds. The molecule has 6 nitrogen and oxygen atoms in total. The molecule has 226 valence electrons. The van der Waals surface area contributed by atoms with Crippen molar-refractivity contribution in [1.82, 2.24) is 4.90 Å². The van der Waals surface area contributed by atoms with Gasteiger partial charge in [-0.3, -0.25) is 14.4 Å². The van der Waals surface area contributed by atoms with Crippen LogP contribution in [0.5, 0.6) is 0 Å². The molecule has 1 fully saturated rings. The fraction of sp³-hybridized carbons (Fsp3) is 0.432. The zero-order valence-electron chi connectivity index (χ0n) is 25.9. The second-order valence-electron chi connectivity index (χ2n) is 13.1. The van der Waals surface area contributed by atoms with Crippen molar-refractivity contribution in [3.05, 3.63) is 100 Å². The fourth-order valence-corrected chi connectivity index (χ4v) is 6.53. The van der Waals surface area contributed by atoms with Gasteiger partial charge in [0.25, 0.3) is 5.91 Å². The van der Waals surface area contributed by atoms with Crippen LogP contribution in [0.1, 0.15) is 97.0 Å². The predicted octanol–water partition coefficient (Wildman–Crippen LogP) is 7.38. The van der Waals surface area contributed by atoms with E-state index in [1.54, 1.807) is 0 Å². The number of benzene rings is 3. The number of carbonyl (C=O) groups excluding carboxylic acids is 3. The maximum absolute atomic E-state index is 13.9. The minimum atomic E-state index is -0.507. The summed E-state index contributed by atoms with van der Waals surface area (Å²) in [4.78, 5) is 41.2. The number of rotatable bonds is 9. The number of aryl methyl sites for hydroxylation is 1. The second kappa shape index (κ2) is 13.2. The van der Waals surface area contributed by atoms with Gasteiger partial charge in [-0.15, -0.1) is 0 Å². The maximum Gasteiger partial charge on any atom is 0.306 e. The van der Waals surface area contributed by atoms with Crippen LogP contribution in [0.25, 0.3) is 0 Å². The van der Waals surface area contributed by atoms with Crippen LogP contribution < -0.4 is 5.32 Å². The van der Waals surface area contributed by atoms with Crippen LogP contribution in [0, 0.1) is 12.8 Å². The Morgan fingerprint density at radius 3 is 2.42 bits per heavy atom. The molecule has 1 aliphatic carbocycles. The van der Waals surface area contributed by atoms with Crippen molar-refractivity contribution >= 4 is 23.5 Å². The molecule has 2 aliphatic rings. The highest BCUT2D eigenvalue weighted by Gasteiger charge is 2.32. The molecule has 0 radical (unpaired) electrons. The van der Waals surface area contributed by atoms with Crippen molar-refractivity contribution < 1.29 is 19.1 Å². The summed E-state index contributed by atoms with van der Waals surface area (Å²) in [5, 5.41) is 3.24. The molecule has 1 N–H and O–H groups in total. The summed E-state index contributed by atoms with van der Waals surface area (Å²) in [7, 11) is 0. The van der Waals surface area contributed by atoms with Crippen molar-refractivity contribution in [1.29, 1.82) is 0 Å². The number of anilines is 1. The molecule has 3 aromatic carbocycles. The van der Waals surface area contributed by atoms with Crippen molar-refractivity contribution in [2.75, 3.05) is 11.9 Å². The molecule has 1 saturated carbocycles. The summed E-state index contributed by atoms with van der Waals surface area (Å²) in [6.07, 6.45) is 6.08. The molecule has 1 aliphatic heterocycles. The lowest BCUT2D eigenvalue weighted by atomic mass is 9.83. The first kappa shape index (κ1) is 30.5. The van der Waals surface area contributed by atoms with Crippen LogP contribution >= 0.6 is 0 Å². The number of nitrogens with one attached hydrogen (secondary N) is 1. The number of hydrogen-bond acceptors (Lipinski definition) is 4. The fourth-order valence-electron chi connectivity index (χ4n) is 6.53. The number of esters is 1. The van der Waals surface area contributed by atoms with Crippen LogP contribution in [0.2, 0.25) is 0 Å². The molecule has 1 atom stereocenters. The lowest BCUT2D eigenvalue weighted by Crippen LogP contribution is -2.37. The molecular formula is C37H44N2O4. The zero-order chi connectivity index (χ0) is 30.6. The quantitative estimate of drug-likeness (QED) is 0.268. The first-order chi connectivity index (χ1) is 20.6. The van der Waals surface area contributed by atoms with E-state index >= 15 is 0 Å². The molecule has 0 spiro atoms. The van der Waals surface area contributed by atoms with E-state index in [2.05, 4.69) is 29.6 Å². The molecule has 6 heteroatoms. The van der Waals surface area contributed by atoms with E-state index in [0.29, 0.717) is 31.8 Å². The lowest BCUT2D eigenvalue weighted by Gasteiger charge is -2.29. The van der Waals surface area contributed by atoms with E-state index < -0.39 is 5.60 Å². The molecule has 1 unspecified atom stereocenters. The van der Waals surface area contributed by atoms with E-state index in [4.69, 9.17) is 4.74 Å². The number of fused-ring (bicyclic) bond motifs is 1. The summed E-state index contributed by atoms with van der Waals surface area (Å²) in [5.41, 5.74) is 6.29.